The number of methoxy groups -OCH3 is 1. The van der Waals surface area contributed by atoms with E-state index in [0.29, 0.717) is 5.56 Å². The fraction of sp³-hybridized carbons (Fsp3) is 0.263. The molecule has 2 aromatic carbocycles. The maximum Gasteiger partial charge on any atom is 0.254 e. The average Bonchev–Trinajstić information content (AvgIpc) is 3.27. The van der Waals surface area contributed by atoms with Gasteiger partial charge in [0.05, 0.1) is 24.2 Å². The molecule has 1 N–H and O–H groups in total. The van der Waals surface area contributed by atoms with Gasteiger partial charge in [0.2, 0.25) is 0 Å². The number of nitrogens with one attached hydrogen (secondary N) is 1. The molecule has 0 unspecified atom stereocenters. The van der Waals surface area contributed by atoms with Gasteiger partial charge in [0.15, 0.2) is 0 Å². The Kier molecular flexibility index (Phi) is 3.69. The number of ether oxygens (including phenoxy) is 1. The molecule has 0 radical (unpaired) electrons. The quantitative estimate of drug-likeness (QED) is 0.802. The van der Waals surface area contributed by atoms with Crippen LogP contribution in [0.15, 0.2) is 48.5 Å². The van der Waals surface area contributed by atoms with Crippen LogP contribution in [-0.4, -0.2) is 34.4 Å². The van der Waals surface area contributed by atoms with Gasteiger partial charge in [-0.05, 0) is 49.2 Å². The summed E-state index contributed by atoms with van der Waals surface area (Å²) in [5.74, 6) is 1.66. The zero-order valence-corrected chi connectivity index (χ0v) is 13.5. The van der Waals surface area contributed by atoms with E-state index in [4.69, 9.17) is 4.74 Å². The number of fused-ring (bicyclic) bond motifs is 1. The highest BCUT2D eigenvalue weighted by atomic mass is 16.5. The summed E-state index contributed by atoms with van der Waals surface area (Å²) >= 11 is 0. The van der Waals surface area contributed by atoms with Crippen molar-refractivity contribution < 1.29 is 9.53 Å². The summed E-state index contributed by atoms with van der Waals surface area (Å²) in [6, 6.07) is 15.2. The molecule has 1 atom stereocenters. The van der Waals surface area contributed by atoms with Gasteiger partial charge in [-0.2, -0.15) is 0 Å². The Balaban J connectivity index is 1.62. The summed E-state index contributed by atoms with van der Waals surface area (Å²) in [6.07, 6.45) is 1.92. The van der Waals surface area contributed by atoms with Gasteiger partial charge in [0, 0.05) is 12.1 Å². The van der Waals surface area contributed by atoms with E-state index in [9.17, 15) is 4.79 Å². The Hall–Kier alpha value is -2.82. The van der Waals surface area contributed by atoms with E-state index in [1.807, 2.05) is 53.4 Å². The van der Waals surface area contributed by atoms with E-state index in [1.54, 1.807) is 7.11 Å². The van der Waals surface area contributed by atoms with Crippen molar-refractivity contribution in [3.63, 3.8) is 0 Å². The van der Waals surface area contributed by atoms with Crippen LogP contribution in [0, 0.1) is 0 Å². The number of hydrogen-bond acceptors (Lipinski definition) is 3. The Labute approximate surface area is 140 Å². The molecule has 1 fully saturated rings. The molecule has 3 aromatic rings. The van der Waals surface area contributed by atoms with E-state index in [0.717, 1.165) is 42.0 Å². The standard InChI is InChI=1S/C19H19N3O2/c1-24-14-10-8-13(9-11-14)19(23)22-12-4-7-17(22)18-20-15-5-2-3-6-16(15)21-18/h2-3,5-6,8-11,17H,4,7,12H2,1H3,(H,20,21)/t17-/m1/s1. The van der Waals surface area contributed by atoms with Crippen LogP contribution in [-0.2, 0) is 0 Å². The highest BCUT2D eigenvalue weighted by Crippen LogP contribution is 2.32. The van der Waals surface area contributed by atoms with Crippen LogP contribution in [0.2, 0.25) is 0 Å². The Morgan fingerprint density at radius 2 is 2.00 bits per heavy atom. The molecule has 0 spiro atoms. The lowest BCUT2D eigenvalue weighted by Crippen LogP contribution is -2.31. The zero-order valence-electron chi connectivity index (χ0n) is 13.5. The lowest BCUT2D eigenvalue weighted by atomic mass is 10.1. The number of aromatic amines is 1. The second-order valence-corrected chi connectivity index (χ2v) is 6.02. The predicted octanol–water partition coefficient (Wildman–Crippen LogP) is 3.55. The summed E-state index contributed by atoms with van der Waals surface area (Å²) in [7, 11) is 1.62. The lowest BCUT2D eigenvalue weighted by molar-refractivity contribution is 0.0730. The second kappa shape index (κ2) is 6.00. The van der Waals surface area contributed by atoms with Gasteiger partial charge in [0.1, 0.15) is 11.6 Å². The number of amides is 1. The molecular formula is C19H19N3O2. The average molecular weight is 321 g/mol. The van der Waals surface area contributed by atoms with Crippen molar-refractivity contribution in [2.75, 3.05) is 13.7 Å². The monoisotopic (exact) mass is 321 g/mol. The van der Waals surface area contributed by atoms with E-state index < -0.39 is 0 Å². The maximum absolute atomic E-state index is 12.9. The summed E-state index contributed by atoms with van der Waals surface area (Å²) < 4.78 is 5.16. The van der Waals surface area contributed by atoms with Crippen molar-refractivity contribution in [2.45, 2.75) is 18.9 Å². The third kappa shape index (κ3) is 2.52. The third-order valence-corrected chi connectivity index (χ3v) is 4.57. The van der Waals surface area contributed by atoms with Gasteiger partial charge < -0.3 is 14.6 Å². The highest BCUT2D eigenvalue weighted by molar-refractivity contribution is 5.94. The van der Waals surface area contributed by atoms with Gasteiger partial charge in [-0.3, -0.25) is 4.79 Å². The summed E-state index contributed by atoms with van der Waals surface area (Å²) in [4.78, 5) is 22.9. The topological polar surface area (TPSA) is 58.2 Å². The van der Waals surface area contributed by atoms with E-state index in [-0.39, 0.29) is 11.9 Å². The smallest absolute Gasteiger partial charge is 0.254 e. The normalized spacial score (nSPS) is 17.4. The fourth-order valence-corrected chi connectivity index (χ4v) is 3.32. The molecule has 122 valence electrons. The van der Waals surface area contributed by atoms with Gasteiger partial charge in [-0.15, -0.1) is 0 Å². The second-order valence-electron chi connectivity index (χ2n) is 6.02. The molecule has 1 aromatic heterocycles. The molecule has 0 saturated carbocycles. The molecule has 4 rings (SSSR count). The number of para-hydroxylation sites is 2. The molecule has 0 bridgehead atoms. The molecule has 1 aliphatic rings. The number of carbonyl (C=O) groups is 1. The van der Waals surface area contributed by atoms with Crippen LogP contribution in [0.1, 0.15) is 35.1 Å². The Morgan fingerprint density at radius 1 is 1.21 bits per heavy atom. The molecule has 1 saturated heterocycles. The summed E-state index contributed by atoms with van der Waals surface area (Å²) in [6.45, 7) is 0.757. The van der Waals surface area contributed by atoms with Crippen molar-refractivity contribution in [2.24, 2.45) is 0 Å². The van der Waals surface area contributed by atoms with Crippen LogP contribution in [0.3, 0.4) is 0 Å². The first kappa shape index (κ1) is 14.8. The Bertz CT molecular complexity index is 837. The fourth-order valence-electron chi connectivity index (χ4n) is 3.32. The van der Waals surface area contributed by atoms with Crippen LogP contribution >= 0.6 is 0 Å². The van der Waals surface area contributed by atoms with Crippen LogP contribution in [0.5, 0.6) is 5.75 Å². The lowest BCUT2D eigenvalue weighted by Gasteiger charge is -2.23. The van der Waals surface area contributed by atoms with Crippen LogP contribution < -0.4 is 4.74 Å². The van der Waals surface area contributed by atoms with E-state index >= 15 is 0 Å². The first-order valence-corrected chi connectivity index (χ1v) is 8.16. The molecule has 2 heterocycles. The predicted molar refractivity (Wildman–Crippen MR) is 92.1 cm³/mol. The molecule has 1 amide bonds. The number of nitrogens with zero attached hydrogens (tertiary/aromatic N) is 2. The van der Waals surface area contributed by atoms with Crippen molar-refractivity contribution in [3.05, 3.63) is 59.9 Å². The first-order valence-electron chi connectivity index (χ1n) is 8.16. The summed E-state index contributed by atoms with van der Waals surface area (Å²) in [5.41, 5.74) is 2.63. The van der Waals surface area contributed by atoms with Gasteiger partial charge in [-0.1, -0.05) is 12.1 Å². The maximum atomic E-state index is 12.9. The number of carbonyl (C=O) groups excluding carboxylic acids is 1. The van der Waals surface area contributed by atoms with Crippen molar-refractivity contribution >= 4 is 16.9 Å². The summed E-state index contributed by atoms with van der Waals surface area (Å²) in [5, 5.41) is 0. The van der Waals surface area contributed by atoms with Crippen molar-refractivity contribution in [1.82, 2.24) is 14.9 Å². The molecule has 1 aliphatic heterocycles. The minimum absolute atomic E-state index is 0.00648. The number of rotatable bonds is 3. The Morgan fingerprint density at radius 3 is 2.75 bits per heavy atom. The number of benzene rings is 2. The minimum atomic E-state index is 0.00648. The van der Waals surface area contributed by atoms with Crippen molar-refractivity contribution in [3.8, 4) is 5.75 Å². The number of H-pyrrole nitrogens is 1. The largest absolute Gasteiger partial charge is 0.497 e. The minimum Gasteiger partial charge on any atom is -0.497 e. The third-order valence-electron chi connectivity index (χ3n) is 4.57. The number of hydrogen-bond donors (Lipinski definition) is 1. The molecule has 5 nitrogen and oxygen atoms in total. The van der Waals surface area contributed by atoms with Crippen LogP contribution in [0.25, 0.3) is 11.0 Å². The molecular weight excluding hydrogens is 302 g/mol. The van der Waals surface area contributed by atoms with Crippen LogP contribution in [0.4, 0.5) is 0 Å². The zero-order chi connectivity index (χ0) is 16.5. The SMILES string of the molecule is COc1ccc(C(=O)N2CCC[C@@H]2c2nc3ccccc3[nH]2)cc1. The highest BCUT2D eigenvalue weighted by Gasteiger charge is 2.32. The van der Waals surface area contributed by atoms with E-state index in [1.165, 1.54) is 0 Å². The number of aromatic nitrogens is 2. The number of likely N-dealkylation sites (tertiary alicyclic amines) is 1. The molecule has 24 heavy (non-hydrogen) atoms. The van der Waals surface area contributed by atoms with Crippen molar-refractivity contribution in [1.29, 1.82) is 0 Å². The molecule has 5 heteroatoms. The van der Waals surface area contributed by atoms with E-state index in [2.05, 4.69) is 9.97 Å². The first-order chi connectivity index (χ1) is 11.8. The van der Waals surface area contributed by atoms with Gasteiger partial charge in [0.25, 0.3) is 5.91 Å². The molecule has 0 aliphatic carbocycles. The number of imidazole rings is 1. The van der Waals surface area contributed by atoms with Gasteiger partial charge >= 0.3 is 0 Å². The van der Waals surface area contributed by atoms with Gasteiger partial charge in [-0.25, -0.2) is 4.98 Å².